The van der Waals surface area contributed by atoms with Gasteiger partial charge in [0.25, 0.3) is 5.91 Å². The van der Waals surface area contributed by atoms with Crippen molar-refractivity contribution in [3.05, 3.63) is 60.3 Å². The van der Waals surface area contributed by atoms with E-state index in [4.69, 9.17) is 0 Å². The largest absolute Gasteiger partial charge is 0.349 e. The monoisotopic (exact) mass is 252 g/mol. The molecule has 3 heterocycles. The molecule has 0 aliphatic carbocycles. The number of H-pyrrole nitrogens is 1. The molecular weight excluding hydrogens is 240 g/mol. The van der Waals surface area contributed by atoms with E-state index < -0.39 is 0 Å². The molecule has 94 valence electrons. The van der Waals surface area contributed by atoms with Crippen molar-refractivity contribution in [1.29, 1.82) is 0 Å². The van der Waals surface area contributed by atoms with Gasteiger partial charge in [-0.15, -0.1) is 0 Å². The molecule has 0 aromatic carbocycles. The van der Waals surface area contributed by atoms with E-state index in [2.05, 4.69) is 20.3 Å². The van der Waals surface area contributed by atoms with Gasteiger partial charge in [-0.3, -0.25) is 14.8 Å². The van der Waals surface area contributed by atoms with Crippen LogP contribution < -0.4 is 5.32 Å². The van der Waals surface area contributed by atoms with Crippen LogP contribution in [-0.4, -0.2) is 20.9 Å². The highest BCUT2D eigenvalue weighted by Gasteiger charge is 2.08. The van der Waals surface area contributed by atoms with Gasteiger partial charge in [0.2, 0.25) is 0 Å². The summed E-state index contributed by atoms with van der Waals surface area (Å²) in [6.45, 7) is 0.481. The van der Waals surface area contributed by atoms with E-state index in [0.29, 0.717) is 12.2 Å². The maximum atomic E-state index is 12.0. The fraction of sp³-hybridized carbons (Fsp3) is 0.0714. The molecule has 3 aromatic rings. The summed E-state index contributed by atoms with van der Waals surface area (Å²) in [5.74, 6) is -0.131. The molecule has 0 atom stereocenters. The summed E-state index contributed by atoms with van der Waals surface area (Å²) in [6, 6.07) is 7.43. The predicted molar refractivity (Wildman–Crippen MR) is 71.5 cm³/mol. The zero-order valence-corrected chi connectivity index (χ0v) is 10.1. The Bertz CT molecular complexity index is 673. The van der Waals surface area contributed by atoms with Gasteiger partial charge >= 0.3 is 0 Å². The van der Waals surface area contributed by atoms with Crippen LogP contribution in [-0.2, 0) is 6.54 Å². The summed E-state index contributed by atoms with van der Waals surface area (Å²) in [5, 5.41) is 3.83. The van der Waals surface area contributed by atoms with Gasteiger partial charge in [0.15, 0.2) is 0 Å². The number of nitrogens with zero attached hydrogens (tertiary/aromatic N) is 2. The quantitative estimate of drug-likeness (QED) is 0.747. The second kappa shape index (κ2) is 4.89. The number of fused-ring (bicyclic) bond motifs is 1. The summed E-state index contributed by atoms with van der Waals surface area (Å²) in [5.41, 5.74) is 2.41. The topological polar surface area (TPSA) is 70.7 Å². The van der Waals surface area contributed by atoms with Crippen molar-refractivity contribution in [2.75, 3.05) is 0 Å². The maximum absolute atomic E-state index is 12.0. The van der Waals surface area contributed by atoms with Crippen LogP contribution in [0, 0.1) is 0 Å². The lowest BCUT2D eigenvalue weighted by molar-refractivity contribution is 0.0947. The van der Waals surface area contributed by atoms with Crippen LogP contribution in [0.1, 0.15) is 16.1 Å². The van der Waals surface area contributed by atoms with Gasteiger partial charge < -0.3 is 10.3 Å². The third kappa shape index (κ3) is 2.44. The summed E-state index contributed by atoms with van der Waals surface area (Å²) in [7, 11) is 0. The molecule has 0 radical (unpaired) electrons. The standard InChI is InChI=1S/C14H12N4O/c19-14(17-8-10-1-4-15-5-2-10)12-7-11-3-6-16-9-13(11)18-12/h1-7,9,18H,8H2,(H,17,19). The SMILES string of the molecule is O=C(NCc1ccncc1)c1cc2ccncc2[nH]1. The number of rotatable bonds is 3. The predicted octanol–water partition coefficient (Wildman–Crippen LogP) is 1.89. The molecule has 0 spiro atoms. The molecule has 5 nitrogen and oxygen atoms in total. The molecule has 0 saturated carbocycles. The third-order valence-corrected chi connectivity index (χ3v) is 2.87. The highest BCUT2D eigenvalue weighted by molar-refractivity contribution is 5.97. The van der Waals surface area contributed by atoms with Crippen LogP contribution in [0.15, 0.2) is 49.1 Å². The molecule has 0 saturated heterocycles. The Hall–Kier alpha value is -2.69. The van der Waals surface area contributed by atoms with Crippen LogP contribution in [0.5, 0.6) is 0 Å². The van der Waals surface area contributed by atoms with Crippen LogP contribution in [0.4, 0.5) is 0 Å². The Kier molecular flexibility index (Phi) is 2.94. The molecule has 5 heteroatoms. The van der Waals surface area contributed by atoms with Gasteiger partial charge in [-0.1, -0.05) is 0 Å². The maximum Gasteiger partial charge on any atom is 0.267 e. The van der Waals surface area contributed by atoms with Gasteiger partial charge in [0, 0.05) is 30.5 Å². The number of carbonyl (C=O) groups is 1. The van der Waals surface area contributed by atoms with Crippen molar-refractivity contribution in [2.45, 2.75) is 6.54 Å². The lowest BCUT2D eigenvalue weighted by Crippen LogP contribution is -2.23. The fourth-order valence-electron chi connectivity index (χ4n) is 1.87. The molecule has 19 heavy (non-hydrogen) atoms. The molecule has 0 fully saturated rings. The molecule has 0 aliphatic rings. The van der Waals surface area contributed by atoms with E-state index in [-0.39, 0.29) is 5.91 Å². The van der Waals surface area contributed by atoms with Gasteiger partial charge in [0.1, 0.15) is 5.69 Å². The Labute approximate surface area is 109 Å². The van der Waals surface area contributed by atoms with E-state index in [1.165, 1.54) is 0 Å². The minimum Gasteiger partial charge on any atom is -0.349 e. The summed E-state index contributed by atoms with van der Waals surface area (Å²) >= 11 is 0. The number of nitrogens with one attached hydrogen (secondary N) is 2. The number of amides is 1. The summed E-state index contributed by atoms with van der Waals surface area (Å²) < 4.78 is 0. The van der Waals surface area contributed by atoms with Crippen molar-refractivity contribution in [2.24, 2.45) is 0 Å². The minimum atomic E-state index is -0.131. The van der Waals surface area contributed by atoms with Gasteiger partial charge in [0.05, 0.1) is 11.7 Å². The Balaban J connectivity index is 1.73. The van der Waals surface area contributed by atoms with E-state index >= 15 is 0 Å². The van der Waals surface area contributed by atoms with Crippen LogP contribution in [0.3, 0.4) is 0 Å². The number of hydrogen-bond acceptors (Lipinski definition) is 3. The van der Waals surface area contributed by atoms with Crippen LogP contribution in [0.25, 0.3) is 10.9 Å². The Morgan fingerprint density at radius 3 is 2.74 bits per heavy atom. The van der Waals surface area contributed by atoms with E-state index in [0.717, 1.165) is 16.5 Å². The normalized spacial score (nSPS) is 10.5. The number of pyridine rings is 2. The lowest BCUT2D eigenvalue weighted by atomic mass is 10.2. The minimum absolute atomic E-state index is 0.131. The third-order valence-electron chi connectivity index (χ3n) is 2.87. The van der Waals surface area contributed by atoms with Crippen molar-refractivity contribution in [3.8, 4) is 0 Å². The van der Waals surface area contributed by atoms with Gasteiger partial charge in [-0.25, -0.2) is 0 Å². The summed E-state index contributed by atoms with van der Waals surface area (Å²) in [4.78, 5) is 23.0. The fourth-order valence-corrected chi connectivity index (χ4v) is 1.87. The molecule has 0 unspecified atom stereocenters. The van der Waals surface area contributed by atoms with Crippen molar-refractivity contribution in [1.82, 2.24) is 20.3 Å². The summed E-state index contributed by atoms with van der Waals surface area (Å²) in [6.07, 6.45) is 6.82. The number of hydrogen-bond donors (Lipinski definition) is 2. The second-order valence-electron chi connectivity index (χ2n) is 4.18. The number of aromatic nitrogens is 3. The highest BCUT2D eigenvalue weighted by atomic mass is 16.1. The molecule has 0 bridgehead atoms. The highest BCUT2D eigenvalue weighted by Crippen LogP contribution is 2.13. The van der Waals surface area contributed by atoms with E-state index in [9.17, 15) is 4.79 Å². The lowest BCUT2D eigenvalue weighted by Gasteiger charge is -2.03. The zero-order chi connectivity index (χ0) is 13.1. The molecule has 2 N–H and O–H groups in total. The second-order valence-corrected chi connectivity index (χ2v) is 4.18. The molecule has 3 aromatic heterocycles. The van der Waals surface area contributed by atoms with Gasteiger partial charge in [-0.05, 0) is 29.8 Å². The molecular formula is C14H12N4O. The number of carbonyl (C=O) groups excluding carboxylic acids is 1. The first kappa shape index (κ1) is 11.4. The van der Waals surface area contributed by atoms with Crippen LogP contribution in [0.2, 0.25) is 0 Å². The molecule has 1 amide bonds. The molecule has 3 rings (SSSR count). The first-order valence-electron chi connectivity index (χ1n) is 5.93. The first-order valence-corrected chi connectivity index (χ1v) is 5.93. The van der Waals surface area contributed by atoms with E-state index in [1.807, 2.05) is 24.3 Å². The average Bonchev–Trinajstić information content (AvgIpc) is 2.90. The number of aromatic amines is 1. The average molecular weight is 252 g/mol. The smallest absolute Gasteiger partial charge is 0.267 e. The Morgan fingerprint density at radius 1 is 1.16 bits per heavy atom. The van der Waals surface area contributed by atoms with E-state index in [1.54, 1.807) is 24.8 Å². The van der Waals surface area contributed by atoms with Gasteiger partial charge in [-0.2, -0.15) is 0 Å². The molecule has 0 aliphatic heterocycles. The zero-order valence-electron chi connectivity index (χ0n) is 10.1. The van der Waals surface area contributed by atoms with Crippen molar-refractivity contribution in [3.63, 3.8) is 0 Å². The van der Waals surface area contributed by atoms with Crippen LogP contribution >= 0.6 is 0 Å². The first-order chi connectivity index (χ1) is 9.33. The Morgan fingerprint density at radius 2 is 1.95 bits per heavy atom. The van der Waals surface area contributed by atoms with Crippen molar-refractivity contribution >= 4 is 16.8 Å². The van der Waals surface area contributed by atoms with Crippen molar-refractivity contribution < 1.29 is 4.79 Å².